The van der Waals surface area contributed by atoms with Gasteiger partial charge < -0.3 is 5.32 Å². The van der Waals surface area contributed by atoms with Crippen molar-refractivity contribution >= 4 is 17.5 Å². The molecule has 1 aliphatic rings. The quantitative estimate of drug-likeness (QED) is 0.692. The summed E-state index contributed by atoms with van der Waals surface area (Å²) in [5.41, 5.74) is 1.15. The van der Waals surface area contributed by atoms with E-state index in [4.69, 9.17) is 11.6 Å². The predicted octanol–water partition coefficient (Wildman–Crippen LogP) is 4.01. The van der Waals surface area contributed by atoms with Crippen LogP contribution in [0.25, 0.3) is 0 Å². The van der Waals surface area contributed by atoms with Crippen LogP contribution in [-0.2, 0) is 17.5 Å². The van der Waals surface area contributed by atoms with Gasteiger partial charge in [-0.3, -0.25) is 14.2 Å². The van der Waals surface area contributed by atoms with Crippen molar-refractivity contribution in [3.8, 4) is 0 Å². The molecule has 10 heteroatoms. The molecule has 0 radical (unpaired) electrons. The zero-order chi connectivity index (χ0) is 20.6. The molecule has 0 bridgehead atoms. The minimum Gasteiger partial charge on any atom is -0.354 e. The van der Waals surface area contributed by atoms with Crippen LogP contribution in [0.3, 0.4) is 0 Å². The van der Waals surface area contributed by atoms with E-state index in [0.717, 1.165) is 28.9 Å². The van der Waals surface area contributed by atoms with Crippen LogP contribution in [0.15, 0.2) is 6.07 Å². The molecule has 2 aromatic rings. The molecule has 1 unspecified atom stereocenters. The molecule has 1 saturated carbocycles. The lowest BCUT2D eigenvalue weighted by molar-refractivity contribution is -0.141. The fourth-order valence-electron chi connectivity index (χ4n) is 3.23. The summed E-state index contributed by atoms with van der Waals surface area (Å²) in [7, 11) is 0. The van der Waals surface area contributed by atoms with Crippen LogP contribution in [0, 0.1) is 13.8 Å². The highest BCUT2D eigenvalue weighted by molar-refractivity contribution is 6.32. The maximum absolute atomic E-state index is 13.2. The first-order valence-corrected chi connectivity index (χ1v) is 9.61. The first kappa shape index (κ1) is 20.7. The molecule has 1 aliphatic carbocycles. The average Bonchev–Trinajstić information content (AvgIpc) is 3.29. The van der Waals surface area contributed by atoms with Gasteiger partial charge in [0.05, 0.1) is 16.4 Å². The number of nitrogens with one attached hydrogen (secondary N) is 1. The summed E-state index contributed by atoms with van der Waals surface area (Å²) in [6.45, 7) is 6.44. The van der Waals surface area contributed by atoms with E-state index in [1.807, 2.05) is 24.6 Å². The molecule has 1 atom stereocenters. The van der Waals surface area contributed by atoms with Crippen LogP contribution in [0.5, 0.6) is 0 Å². The normalized spacial score (nSPS) is 15.7. The van der Waals surface area contributed by atoms with Crippen molar-refractivity contribution in [1.29, 1.82) is 0 Å². The molecule has 3 rings (SSSR count). The van der Waals surface area contributed by atoms with Gasteiger partial charge in [-0.2, -0.15) is 23.4 Å². The maximum atomic E-state index is 13.2. The van der Waals surface area contributed by atoms with Crippen LogP contribution < -0.4 is 5.32 Å². The molecular formula is C18H23ClF3N5O. The van der Waals surface area contributed by atoms with Crippen LogP contribution in [0.2, 0.25) is 5.02 Å². The molecular weight excluding hydrogens is 395 g/mol. The molecule has 2 heterocycles. The lowest BCUT2D eigenvalue weighted by atomic mass is 10.2. The van der Waals surface area contributed by atoms with Gasteiger partial charge in [0.1, 0.15) is 6.04 Å². The first-order chi connectivity index (χ1) is 13.1. The van der Waals surface area contributed by atoms with Crippen LogP contribution in [0.4, 0.5) is 13.2 Å². The van der Waals surface area contributed by atoms with Gasteiger partial charge in [0.2, 0.25) is 5.91 Å². The van der Waals surface area contributed by atoms with Gasteiger partial charge >= 0.3 is 6.18 Å². The Morgan fingerprint density at radius 1 is 1.36 bits per heavy atom. The molecule has 0 spiro atoms. The molecule has 154 valence electrons. The number of aromatic nitrogens is 4. The number of aryl methyl sites for hydroxylation is 3. The topological polar surface area (TPSA) is 64.7 Å². The Balaban J connectivity index is 1.64. The van der Waals surface area contributed by atoms with Gasteiger partial charge in [0, 0.05) is 24.7 Å². The molecule has 28 heavy (non-hydrogen) atoms. The summed E-state index contributed by atoms with van der Waals surface area (Å²) < 4.78 is 42.5. The molecule has 1 amide bonds. The summed E-state index contributed by atoms with van der Waals surface area (Å²) in [6, 6.07) is 1.10. The SMILES string of the molecule is Cc1cc(C)n(CCCNC(=O)C(C)n2nc(C(F)(F)F)c(Cl)c2C2CC2)n1. The second kappa shape index (κ2) is 7.77. The third-order valence-electron chi connectivity index (χ3n) is 4.82. The second-order valence-electron chi connectivity index (χ2n) is 7.24. The highest BCUT2D eigenvalue weighted by Crippen LogP contribution is 2.47. The van der Waals surface area contributed by atoms with Crippen molar-refractivity contribution in [2.75, 3.05) is 6.54 Å². The number of amides is 1. The van der Waals surface area contributed by atoms with E-state index in [2.05, 4.69) is 15.5 Å². The fourth-order valence-corrected chi connectivity index (χ4v) is 3.61. The number of carbonyl (C=O) groups is 1. The van der Waals surface area contributed by atoms with E-state index in [0.29, 0.717) is 25.2 Å². The number of halogens is 4. The fraction of sp³-hybridized carbons (Fsp3) is 0.611. The lowest BCUT2D eigenvalue weighted by Gasteiger charge is -2.16. The Morgan fingerprint density at radius 2 is 2.04 bits per heavy atom. The molecule has 6 nitrogen and oxygen atoms in total. The predicted molar refractivity (Wildman–Crippen MR) is 98.3 cm³/mol. The first-order valence-electron chi connectivity index (χ1n) is 9.23. The number of hydrogen-bond acceptors (Lipinski definition) is 3. The third kappa shape index (κ3) is 4.34. The summed E-state index contributed by atoms with van der Waals surface area (Å²) in [4.78, 5) is 12.5. The summed E-state index contributed by atoms with van der Waals surface area (Å²) in [5.74, 6) is -0.458. The van der Waals surface area contributed by atoms with E-state index in [1.165, 1.54) is 6.92 Å². The number of carbonyl (C=O) groups excluding carboxylic acids is 1. The van der Waals surface area contributed by atoms with Crippen molar-refractivity contribution in [1.82, 2.24) is 24.9 Å². The van der Waals surface area contributed by atoms with Crippen molar-refractivity contribution in [3.05, 3.63) is 33.9 Å². The molecule has 2 aromatic heterocycles. The highest BCUT2D eigenvalue weighted by Gasteiger charge is 2.43. The molecule has 1 N–H and O–H groups in total. The number of rotatable bonds is 7. The molecule has 1 fully saturated rings. The van der Waals surface area contributed by atoms with E-state index in [9.17, 15) is 18.0 Å². The number of nitrogens with zero attached hydrogens (tertiary/aromatic N) is 4. The van der Waals surface area contributed by atoms with E-state index in [-0.39, 0.29) is 16.8 Å². The summed E-state index contributed by atoms with van der Waals surface area (Å²) in [5, 5.41) is 10.4. The van der Waals surface area contributed by atoms with Crippen molar-refractivity contribution in [3.63, 3.8) is 0 Å². The van der Waals surface area contributed by atoms with Gasteiger partial charge in [0.25, 0.3) is 0 Å². The van der Waals surface area contributed by atoms with Crippen molar-refractivity contribution < 1.29 is 18.0 Å². The van der Waals surface area contributed by atoms with Gasteiger partial charge in [0.15, 0.2) is 5.69 Å². The van der Waals surface area contributed by atoms with Crippen molar-refractivity contribution in [2.24, 2.45) is 0 Å². The van der Waals surface area contributed by atoms with E-state index < -0.39 is 17.9 Å². The minimum atomic E-state index is -4.65. The largest absolute Gasteiger partial charge is 0.436 e. The van der Waals surface area contributed by atoms with Gasteiger partial charge in [-0.25, -0.2) is 0 Å². The Labute approximate surface area is 166 Å². The number of hydrogen-bond donors (Lipinski definition) is 1. The smallest absolute Gasteiger partial charge is 0.354 e. The van der Waals surface area contributed by atoms with Gasteiger partial charge in [-0.1, -0.05) is 11.6 Å². The van der Waals surface area contributed by atoms with Crippen LogP contribution in [-0.4, -0.2) is 32.0 Å². The lowest BCUT2D eigenvalue weighted by Crippen LogP contribution is -2.33. The van der Waals surface area contributed by atoms with E-state index in [1.54, 1.807) is 0 Å². The Bertz CT molecular complexity index is 869. The Morgan fingerprint density at radius 3 is 2.57 bits per heavy atom. The van der Waals surface area contributed by atoms with E-state index >= 15 is 0 Å². The molecule has 0 aromatic carbocycles. The van der Waals surface area contributed by atoms with Gasteiger partial charge in [-0.15, -0.1) is 0 Å². The summed E-state index contributed by atoms with van der Waals surface area (Å²) >= 11 is 5.96. The Kier molecular flexibility index (Phi) is 5.74. The summed E-state index contributed by atoms with van der Waals surface area (Å²) in [6.07, 6.45) is -2.50. The maximum Gasteiger partial charge on any atom is 0.436 e. The second-order valence-corrected chi connectivity index (χ2v) is 7.61. The molecule has 0 aliphatic heterocycles. The monoisotopic (exact) mass is 417 g/mol. The standard InChI is InChI=1S/C18H23ClF3N5O/c1-10-9-11(2)26(24-10)8-4-7-23-17(28)12(3)27-15(13-5-6-13)14(19)16(25-27)18(20,21)22/h9,12-13H,4-8H2,1-3H3,(H,23,28). The Hall–Kier alpha value is -2.03. The minimum absolute atomic E-state index is 0.0719. The number of alkyl halides is 3. The van der Waals surface area contributed by atoms with Crippen LogP contribution in [0.1, 0.15) is 60.9 Å². The van der Waals surface area contributed by atoms with Gasteiger partial charge in [-0.05, 0) is 46.1 Å². The zero-order valence-corrected chi connectivity index (χ0v) is 16.7. The molecule has 0 saturated heterocycles. The highest BCUT2D eigenvalue weighted by atomic mass is 35.5. The van der Waals surface area contributed by atoms with Crippen molar-refractivity contribution in [2.45, 2.75) is 64.7 Å². The third-order valence-corrected chi connectivity index (χ3v) is 5.19. The average molecular weight is 418 g/mol. The zero-order valence-electron chi connectivity index (χ0n) is 16.0. The van der Waals surface area contributed by atoms with Crippen LogP contribution >= 0.6 is 11.6 Å².